The molecule has 0 N–H and O–H groups in total. The van der Waals surface area contributed by atoms with Gasteiger partial charge in [-0.25, -0.2) is 0 Å². The van der Waals surface area contributed by atoms with Crippen LogP contribution in [-0.4, -0.2) is 5.78 Å². The zero-order valence-corrected chi connectivity index (χ0v) is 8.32. The molecule has 2 aromatic rings. The van der Waals surface area contributed by atoms with E-state index in [0.717, 1.165) is 0 Å². The summed E-state index contributed by atoms with van der Waals surface area (Å²) >= 11 is 0. The molecule has 1 aromatic carbocycles. The molecule has 0 amide bonds. The lowest BCUT2D eigenvalue weighted by Gasteiger charge is -1.99. The van der Waals surface area contributed by atoms with Crippen molar-refractivity contribution in [3.63, 3.8) is 0 Å². The predicted octanol–water partition coefficient (Wildman–Crippen LogP) is 1.92. The van der Waals surface area contributed by atoms with Crippen LogP contribution in [0, 0.1) is 0 Å². The Morgan fingerprint density at radius 3 is 2.80 bits per heavy atom. The van der Waals surface area contributed by atoms with Gasteiger partial charge in [-0.1, -0.05) is 12.1 Å². The number of para-hydroxylation sites is 1. The van der Waals surface area contributed by atoms with Crippen LogP contribution in [0.15, 0.2) is 39.7 Å². The molecular formula is C12H10O3. The van der Waals surface area contributed by atoms with E-state index >= 15 is 0 Å². The molecule has 0 aliphatic heterocycles. The van der Waals surface area contributed by atoms with E-state index in [1.807, 2.05) is 0 Å². The van der Waals surface area contributed by atoms with Gasteiger partial charge < -0.3 is 4.42 Å². The average Bonchev–Trinajstić information content (AvgIpc) is 2.22. The molecule has 0 spiro atoms. The molecule has 15 heavy (non-hydrogen) atoms. The Hall–Kier alpha value is -1.90. The average molecular weight is 202 g/mol. The highest BCUT2D eigenvalue weighted by Crippen LogP contribution is 2.10. The molecular weight excluding hydrogens is 192 g/mol. The number of fused-ring (bicyclic) bond motifs is 1. The fraction of sp³-hybridized carbons (Fsp3) is 0.167. The summed E-state index contributed by atoms with van der Waals surface area (Å²) in [5.74, 6) is -0.0439. The van der Waals surface area contributed by atoms with E-state index in [0.29, 0.717) is 16.5 Å². The molecule has 0 saturated heterocycles. The highest BCUT2D eigenvalue weighted by Gasteiger charge is 2.07. The molecule has 3 nitrogen and oxygen atoms in total. The molecule has 0 atom stereocenters. The first-order valence-electron chi connectivity index (χ1n) is 4.67. The zero-order valence-electron chi connectivity index (χ0n) is 8.32. The van der Waals surface area contributed by atoms with Crippen molar-refractivity contribution in [2.24, 2.45) is 0 Å². The SMILES string of the molecule is CC(=O)Cc1coc2ccccc2c1=O. The van der Waals surface area contributed by atoms with Gasteiger partial charge in [0.2, 0.25) is 0 Å². The molecule has 0 unspecified atom stereocenters. The molecule has 0 saturated carbocycles. The summed E-state index contributed by atoms with van der Waals surface area (Å²) in [5.41, 5.74) is 0.850. The predicted molar refractivity (Wildman–Crippen MR) is 56.9 cm³/mol. The van der Waals surface area contributed by atoms with Crippen molar-refractivity contribution in [2.75, 3.05) is 0 Å². The quantitative estimate of drug-likeness (QED) is 0.747. The van der Waals surface area contributed by atoms with Crippen LogP contribution < -0.4 is 5.43 Å². The molecule has 0 fully saturated rings. The second-order valence-electron chi connectivity index (χ2n) is 3.47. The monoisotopic (exact) mass is 202 g/mol. The van der Waals surface area contributed by atoms with E-state index in [4.69, 9.17) is 4.42 Å². The first-order valence-corrected chi connectivity index (χ1v) is 4.67. The second-order valence-corrected chi connectivity index (χ2v) is 3.47. The van der Waals surface area contributed by atoms with Crippen LogP contribution in [0.3, 0.4) is 0 Å². The Labute approximate surface area is 86.3 Å². The number of hydrogen-bond donors (Lipinski definition) is 0. The number of carbonyl (C=O) groups excluding carboxylic acids is 1. The fourth-order valence-corrected chi connectivity index (χ4v) is 1.51. The number of benzene rings is 1. The van der Waals surface area contributed by atoms with Gasteiger partial charge in [0, 0.05) is 12.0 Å². The molecule has 2 rings (SSSR count). The van der Waals surface area contributed by atoms with Gasteiger partial charge in [-0.2, -0.15) is 0 Å². The van der Waals surface area contributed by atoms with Gasteiger partial charge in [-0.15, -0.1) is 0 Å². The fourth-order valence-electron chi connectivity index (χ4n) is 1.51. The van der Waals surface area contributed by atoms with Crippen LogP contribution in [0.2, 0.25) is 0 Å². The van der Waals surface area contributed by atoms with Crippen LogP contribution in [0.5, 0.6) is 0 Å². The summed E-state index contributed by atoms with van der Waals surface area (Å²) in [6, 6.07) is 7.01. The van der Waals surface area contributed by atoms with E-state index in [2.05, 4.69) is 0 Å². The molecule has 0 radical (unpaired) electrons. The van der Waals surface area contributed by atoms with Crippen molar-refractivity contribution in [1.82, 2.24) is 0 Å². The maximum Gasteiger partial charge on any atom is 0.196 e. The van der Waals surface area contributed by atoms with Gasteiger partial charge >= 0.3 is 0 Å². The third-order valence-corrected chi connectivity index (χ3v) is 2.19. The van der Waals surface area contributed by atoms with Crippen molar-refractivity contribution in [3.05, 3.63) is 46.3 Å². The molecule has 1 heterocycles. The maximum absolute atomic E-state index is 11.9. The summed E-state index contributed by atoms with van der Waals surface area (Å²) in [4.78, 5) is 22.8. The Kier molecular flexibility index (Phi) is 2.37. The minimum Gasteiger partial charge on any atom is -0.464 e. The van der Waals surface area contributed by atoms with Crippen molar-refractivity contribution >= 4 is 16.8 Å². The summed E-state index contributed by atoms with van der Waals surface area (Å²) in [7, 11) is 0. The van der Waals surface area contributed by atoms with E-state index in [9.17, 15) is 9.59 Å². The van der Waals surface area contributed by atoms with E-state index in [-0.39, 0.29) is 17.6 Å². The summed E-state index contributed by atoms with van der Waals surface area (Å²) in [5, 5.41) is 0.524. The normalized spacial score (nSPS) is 10.5. The Morgan fingerprint density at radius 1 is 1.33 bits per heavy atom. The largest absolute Gasteiger partial charge is 0.464 e. The lowest BCUT2D eigenvalue weighted by Crippen LogP contribution is -2.11. The number of Topliss-reactive ketones (excluding diaryl/α,β-unsaturated/α-hetero) is 1. The smallest absolute Gasteiger partial charge is 0.196 e. The topological polar surface area (TPSA) is 47.3 Å². The molecule has 76 valence electrons. The maximum atomic E-state index is 11.9. The summed E-state index contributed by atoms with van der Waals surface area (Å²) < 4.78 is 5.27. The van der Waals surface area contributed by atoms with Gasteiger partial charge in [-0.05, 0) is 19.1 Å². The van der Waals surface area contributed by atoms with Gasteiger partial charge in [-0.3, -0.25) is 9.59 Å². The van der Waals surface area contributed by atoms with Crippen molar-refractivity contribution in [3.8, 4) is 0 Å². The minimum absolute atomic E-state index is 0.0439. The van der Waals surface area contributed by atoms with Crippen LogP contribution in [0.4, 0.5) is 0 Å². The third kappa shape index (κ3) is 1.81. The number of rotatable bonds is 2. The molecule has 1 aromatic heterocycles. The number of hydrogen-bond acceptors (Lipinski definition) is 3. The number of carbonyl (C=O) groups is 1. The van der Waals surface area contributed by atoms with Crippen molar-refractivity contribution < 1.29 is 9.21 Å². The standard InChI is InChI=1S/C12H10O3/c1-8(13)6-9-7-15-11-5-3-2-4-10(11)12(9)14/h2-5,7H,6H2,1H3. The van der Waals surface area contributed by atoms with Crippen LogP contribution >= 0.6 is 0 Å². The van der Waals surface area contributed by atoms with E-state index in [1.54, 1.807) is 24.3 Å². The highest BCUT2D eigenvalue weighted by atomic mass is 16.3. The third-order valence-electron chi connectivity index (χ3n) is 2.19. The van der Waals surface area contributed by atoms with E-state index in [1.165, 1.54) is 13.2 Å². The molecule has 0 bridgehead atoms. The van der Waals surface area contributed by atoms with Gasteiger partial charge in [0.25, 0.3) is 0 Å². The lowest BCUT2D eigenvalue weighted by atomic mass is 10.1. The summed E-state index contributed by atoms with van der Waals surface area (Å²) in [6.07, 6.45) is 1.50. The second kappa shape index (κ2) is 3.69. The van der Waals surface area contributed by atoms with E-state index < -0.39 is 0 Å². The van der Waals surface area contributed by atoms with Crippen molar-refractivity contribution in [1.29, 1.82) is 0 Å². The van der Waals surface area contributed by atoms with Crippen molar-refractivity contribution in [2.45, 2.75) is 13.3 Å². The Bertz CT molecular complexity index is 566. The van der Waals surface area contributed by atoms with Crippen LogP contribution in [-0.2, 0) is 11.2 Å². The Morgan fingerprint density at radius 2 is 2.07 bits per heavy atom. The number of ketones is 1. The molecule has 0 aliphatic carbocycles. The first kappa shape index (κ1) is 9.65. The Balaban J connectivity index is 2.65. The zero-order chi connectivity index (χ0) is 10.8. The van der Waals surface area contributed by atoms with Crippen LogP contribution in [0.25, 0.3) is 11.0 Å². The minimum atomic E-state index is -0.118. The van der Waals surface area contributed by atoms with Gasteiger partial charge in [0.1, 0.15) is 11.4 Å². The summed E-state index contributed by atoms with van der Waals surface area (Å²) in [6.45, 7) is 1.45. The highest BCUT2D eigenvalue weighted by molar-refractivity contribution is 5.81. The molecule has 0 aliphatic rings. The first-order chi connectivity index (χ1) is 7.18. The lowest BCUT2D eigenvalue weighted by molar-refractivity contribution is -0.116. The van der Waals surface area contributed by atoms with Gasteiger partial charge in [0.05, 0.1) is 11.6 Å². The van der Waals surface area contributed by atoms with Gasteiger partial charge in [0.15, 0.2) is 5.43 Å². The molecule has 3 heteroatoms. The van der Waals surface area contributed by atoms with Crippen LogP contribution in [0.1, 0.15) is 12.5 Å².